The number of aromatic nitrogens is 1. The van der Waals surface area contributed by atoms with Crippen LogP contribution in [0.5, 0.6) is 0 Å². The van der Waals surface area contributed by atoms with Crippen LogP contribution in [0.4, 0.5) is 0 Å². The van der Waals surface area contributed by atoms with Crippen LogP contribution in [-0.2, 0) is 4.74 Å². The molecule has 0 saturated carbocycles. The van der Waals surface area contributed by atoms with E-state index >= 15 is 0 Å². The van der Waals surface area contributed by atoms with Crippen LogP contribution in [0, 0.1) is 20.3 Å². The first-order valence-electron chi connectivity index (χ1n) is 6.08. The van der Waals surface area contributed by atoms with Crippen molar-refractivity contribution < 1.29 is 22.2 Å². The van der Waals surface area contributed by atoms with Crippen LogP contribution < -0.4 is 17.5 Å². The van der Waals surface area contributed by atoms with Crippen molar-refractivity contribution in [3.8, 4) is 0 Å². The molecule has 1 aromatic heterocycles. The topological polar surface area (TPSA) is 73.1 Å². The average Bonchev–Trinajstić information content (AvgIpc) is 2.48. The fourth-order valence-corrected chi connectivity index (χ4v) is 5.62. The van der Waals surface area contributed by atoms with Gasteiger partial charge in [0.05, 0.1) is 0 Å². The second-order valence-corrected chi connectivity index (χ2v) is 9.83. The first-order valence-corrected chi connectivity index (χ1v) is 14.4. The second kappa shape index (κ2) is 8.17. The van der Waals surface area contributed by atoms with Crippen LogP contribution in [0.2, 0.25) is 0 Å². The third-order valence-corrected chi connectivity index (χ3v) is 8.65. The molecule has 1 aliphatic heterocycles. The Morgan fingerprint density at radius 1 is 1.35 bits per heavy atom. The Balaban J connectivity index is 1.88. The quantitative estimate of drug-likeness (QED) is 0.220. The van der Waals surface area contributed by atoms with Crippen LogP contribution in [0.3, 0.4) is 0 Å². The predicted molar refractivity (Wildman–Crippen MR) is 90.9 cm³/mol. The predicted octanol–water partition coefficient (Wildman–Crippen LogP) is 0.0714. The Kier molecular flexibility index (Phi) is 6.87. The van der Waals surface area contributed by atoms with E-state index in [9.17, 15) is 0 Å². The summed E-state index contributed by atoms with van der Waals surface area (Å²) in [4.78, 5) is 4.14. The number of hydrogen-bond acceptors (Lipinski definition) is 5. The molecule has 0 unspecified atom stereocenters. The average molecular weight is 611 g/mol. The molecule has 1 saturated heterocycles. The van der Waals surface area contributed by atoms with Gasteiger partial charge in [0.15, 0.2) is 0 Å². The van der Waals surface area contributed by atoms with Gasteiger partial charge in [-0.2, -0.15) is 0 Å². The van der Waals surface area contributed by atoms with E-state index in [1.54, 1.807) is 12.3 Å². The Morgan fingerprint density at radius 3 is 2.60 bits per heavy atom. The molecule has 1 aromatic rings. The molecule has 8 heteroatoms. The summed E-state index contributed by atoms with van der Waals surface area (Å²) in [5.41, 5.74) is 0.478. The van der Waals surface area contributed by atoms with Crippen molar-refractivity contribution in [2.45, 2.75) is 12.8 Å². The zero-order chi connectivity index (χ0) is 14.5. The number of rotatable bonds is 3. The summed E-state index contributed by atoms with van der Waals surface area (Å²) in [7, 11) is 0. The van der Waals surface area contributed by atoms with E-state index < -0.39 is 0 Å². The summed E-state index contributed by atoms with van der Waals surface area (Å²) in [6, 6.07) is 3.63. The minimum absolute atomic E-state index is 0.0323. The first kappa shape index (κ1) is 16.8. The van der Waals surface area contributed by atoms with Gasteiger partial charge in [0, 0.05) is 0 Å². The van der Waals surface area contributed by atoms with Crippen LogP contribution in [0.15, 0.2) is 18.3 Å². The van der Waals surface area contributed by atoms with Gasteiger partial charge in [0.2, 0.25) is 0 Å². The van der Waals surface area contributed by atoms with Crippen LogP contribution in [0.1, 0.15) is 18.5 Å². The van der Waals surface area contributed by atoms with Gasteiger partial charge < -0.3 is 0 Å². The van der Waals surface area contributed by atoms with Crippen LogP contribution >= 0.6 is 41.2 Å². The molecule has 0 radical (unpaired) electrons. The van der Waals surface area contributed by atoms with E-state index in [4.69, 9.17) is 15.6 Å². The van der Waals surface area contributed by atoms with E-state index in [-0.39, 0.29) is 35.2 Å². The molecule has 0 aliphatic carbocycles. The van der Waals surface area contributed by atoms with Crippen molar-refractivity contribution in [3.63, 3.8) is 0 Å². The third-order valence-electron chi connectivity index (χ3n) is 3.07. The van der Waals surface area contributed by atoms with Crippen LogP contribution in [-0.4, -0.2) is 33.0 Å². The summed E-state index contributed by atoms with van der Waals surface area (Å²) in [5.74, 6) is 0.319. The molecule has 20 heavy (non-hydrogen) atoms. The number of hydrogen-bond donors (Lipinski definition) is 2. The van der Waals surface area contributed by atoms with Gasteiger partial charge in [-0.15, -0.1) is 0 Å². The molecule has 0 aromatic carbocycles. The molecule has 5 nitrogen and oxygen atoms in total. The standard InChI is InChI=1S/C12H14I3N4O/c13-9-1-2-10(18-7-9)12(17)20-11(16)8-3-5-19(15-14)6-4-8/h1-2,7-8,16-17H,3-6H2/q-1. The number of piperidine rings is 1. The maximum atomic E-state index is 8.02. The van der Waals surface area contributed by atoms with E-state index in [0.717, 1.165) is 29.5 Å². The first-order chi connectivity index (χ1) is 9.60. The van der Waals surface area contributed by atoms with E-state index in [2.05, 4.69) is 49.3 Å². The fourth-order valence-electron chi connectivity index (χ4n) is 1.93. The second-order valence-electron chi connectivity index (χ2n) is 4.41. The Morgan fingerprint density at radius 2 is 2.05 bits per heavy atom. The normalized spacial score (nSPS) is 17.1. The molecular formula is C12H14I3N4O-. The molecule has 2 N–H and O–H groups in total. The van der Waals surface area contributed by atoms with Crippen LogP contribution in [0.25, 0.3) is 0 Å². The molecule has 2 rings (SSSR count). The zero-order valence-electron chi connectivity index (χ0n) is 10.6. The molecule has 1 fully saturated rings. The van der Waals surface area contributed by atoms with E-state index in [1.165, 1.54) is 0 Å². The maximum absolute atomic E-state index is 8.02. The van der Waals surface area contributed by atoms with Gasteiger partial charge in [-0.3, -0.25) is 0 Å². The van der Waals surface area contributed by atoms with Gasteiger partial charge in [-0.25, -0.2) is 0 Å². The van der Waals surface area contributed by atoms with Gasteiger partial charge in [-0.1, -0.05) is 0 Å². The number of nitrogens with one attached hydrogen (secondary N) is 2. The SMILES string of the molecule is N=C(OC(=N)C1CCN([I-]I)CC1)c1ccc(I)cn1. The fraction of sp³-hybridized carbons (Fsp3) is 0.417. The number of halogens is 3. The summed E-state index contributed by atoms with van der Waals surface area (Å²) >= 11 is 4.77. The van der Waals surface area contributed by atoms with E-state index in [1.807, 2.05) is 6.07 Å². The van der Waals surface area contributed by atoms with Gasteiger partial charge >= 0.3 is 154 Å². The number of pyridine rings is 1. The Labute approximate surface area is 152 Å². The summed E-state index contributed by atoms with van der Waals surface area (Å²) in [6.07, 6.45) is 3.60. The molecule has 0 bridgehead atoms. The Bertz CT molecular complexity index is 486. The van der Waals surface area contributed by atoms with Gasteiger partial charge in [0.25, 0.3) is 0 Å². The van der Waals surface area contributed by atoms with E-state index in [0.29, 0.717) is 5.69 Å². The molecule has 2 heterocycles. The van der Waals surface area contributed by atoms with Crippen molar-refractivity contribution in [3.05, 3.63) is 27.6 Å². The molecule has 110 valence electrons. The molecular weight excluding hydrogens is 597 g/mol. The van der Waals surface area contributed by atoms with Gasteiger partial charge in [0.1, 0.15) is 0 Å². The monoisotopic (exact) mass is 611 g/mol. The van der Waals surface area contributed by atoms with Crippen molar-refractivity contribution in [2.75, 3.05) is 13.1 Å². The van der Waals surface area contributed by atoms with Crippen molar-refractivity contribution in [2.24, 2.45) is 5.92 Å². The molecule has 0 spiro atoms. The third kappa shape index (κ3) is 4.73. The minimum atomic E-state index is -0.0323. The molecule has 0 amide bonds. The summed E-state index contributed by atoms with van der Waals surface area (Å²) in [6.45, 7) is 2.09. The summed E-state index contributed by atoms with van der Waals surface area (Å²) in [5, 5.41) is 15.9. The van der Waals surface area contributed by atoms with Gasteiger partial charge in [-0.05, 0) is 0 Å². The summed E-state index contributed by atoms with van der Waals surface area (Å²) < 4.78 is 8.86. The van der Waals surface area contributed by atoms with Crippen molar-refractivity contribution in [1.29, 1.82) is 10.8 Å². The van der Waals surface area contributed by atoms with Crippen molar-refractivity contribution >= 4 is 53.0 Å². The Hall–Kier alpha value is 0.440. The molecule has 1 aliphatic rings. The zero-order valence-corrected chi connectivity index (χ0v) is 17.0. The number of ether oxygens (including phenoxy) is 1. The molecule has 0 atom stereocenters. The van der Waals surface area contributed by atoms with Crippen molar-refractivity contribution in [1.82, 2.24) is 8.10 Å². The number of nitrogens with zero attached hydrogens (tertiary/aromatic N) is 2.